The molecule has 0 aromatic carbocycles. The summed E-state index contributed by atoms with van der Waals surface area (Å²) in [4.78, 5) is 16.2. The minimum absolute atomic E-state index is 0.0284. The summed E-state index contributed by atoms with van der Waals surface area (Å²) in [6.45, 7) is 2.90. The van der Waals surface area contributed by atoms with Crippen molar-refractivity contribution in [1.82, 2.24) is 10.2 Å². The van der Waals surface area contributed by atoms with Gasteiger partial charge in [0.15, 0.2) is 0 Å². The molecule has 4 heterocycles. The van der Waals surface area contributed by atoms with Crippen LogP contribution < -0.4 is 5.32 Å². The SMILES string of the molecule is O=C(NCc1cccs1)[C@H]1C[C@H]2OCC[C@H]2N(Cc2ccco2)C1. The molecule has 0 unspecified atom stereocenters. The van der Waals surface area contributed by atoms with Gasteiger partial charge in [-0.1, -0.05) is 6.07 Å². The number of likely N-dealkylation sites (tertiary alicyclic amines) is 1. The summed E-state index contributed by atoms with van der Waals surface area (Å²) in [6, 6.07) is 8.36. The van der Waals surface area contributed by atoms with Crippen LogP contribution in [0.25, 0.3) is 0 Å². The first-order valence-electron chi connectivity index (χ1n) is 8.48. The van der Waals surface area contributed by atoms with Gasteiger partial charge < -0.3 is 14.5 Å². The van der Waals surface area contributed by atoms with Crippen molar-refractivity contribution in [3.8, 4) is 0 Å². The molecule has 1 N–H and O–H groups in total. The molecule has 2 aliphatic heterocycles. The van der Waals surface area contributed by atoms with Gasteiger partial charge in [0, 0.05) is 24.1 Å². The van der Waals surface area contributed by atoms with Gasteiger partial charge in [-0.3, -0.25) is 9.69 Å². The van der Waals surface area contributed by atoms with Gasteiger partial charge in [-0.05, 0) is 36.4 Å². The maximum atomic E-state index is 12.6. The van der Waals surface area contributed by atoms with Crippen molar-refractivity contribution in [2.24, 2.45) is 5.92 Å². The van der Waals surface area contributed by atoms with Crippen molar-refractivity contribution >= 4 is 17.2 Å². The summed E-state index contributed by atoms with van der Waals surface area (Å²) in [5.41, 5.74) is 0. The maximum absolute atomic E-state index is 12.6. The first-order chi connectivity index (χ1) is 11.8. The number of rotatable bonds is 5. The highest BCUT2D eigenvalue weighted by Gasteiger charge is 2.42. The fourth-order valence-corrected chi connectivity index (χ4v) is 4.40. The van der Waals surface area contributed by atoms with Crippen LogP contribution in [0.5, 0.6) is 0 Å². The van der Waals surface area contributed by atoms with Crippen molar-refractivity contribution in [2.75, 3.05) is 13.2 Å². The summed E-state index contributed by atoms with van der Waals surface area (Å²) in [6.07, 6.45) is 3.71. The molecule has 2 fully saturated rings. The lowest BCUT2D eigenvalue weighted by Gasteiger charge is -2.39. The second kappa shape index (κ2) is 7.09. The molecule has 6 heteroatoms. The molecule has 0 spiro atoms. The van der Waals surface area contributed by atoms with E-state index in [1.165, 1.54) is 4.88 Å². The van der Waals surface area contributed by atoms with Crippen molar-refractivity contribution in [3.05, 3.63) is 46.5 Å². The number of thiophene rings is 1. The fourth-order valence-electron chi connectivity index (χ4n) is 3.76. The molecule has 4 rings (SSSR count). The van der Waals surface area contributed by atoms with Gasteiger partial charge in [-0.15, -0.1) is 11.3 Å². The normalized spacial score (nSPS) is 27.1. The molecule has 2 aliphatic rings. The lowest BCUT2D eigenvalue weighted by atomic mass is 9.89. The fraction of sp³-hybridized carbons (Fsp3) is 0.500. The Labute approximate surface area is 145 Å². The molecule has 24 heavy (non-hydrogen) atoms. The van der Waals surface area contributed by atoms with Crippen LogP contribution in [-0.4, -0.2) is 36.1 Å². The van der Waals surface area contributed by atoms with Gasteiger partial charge in [-0.25, -0.2) is 0 Å². The number of fused-ring (bicyclic) bond motifs is 1. The molecule has 128 valence electrons. The molecule has 3 atom stereocenters. The first-order valence-corrected chi connectivity index (χ1v) is 9.35. The molecule has 0 saturated carbocycles. The second-order valence-electron chi connectivity index (χ2n) is 6.50. The summed E-state index contributed by atoms with van der Waals surface area (Å²) in [7, 11) is 0. The summed E-state index contributed by atoms with van der Waals surface area (Å²) in [5.74, 6) is 1.04. The highest BCUT2D eigenvalue weighted by Crippen LogP contribution is 2.32. The Morgan fingerprint density at radius 2 is 2.33 bits per heavy atom. The van der Waals surface area contributed by atoms with E-state index in [1.807, 2.05) is 29.6 Å². The molecule has 2 aromatic heterocycles. The van der Waals surface area contributed by atoms with E-state index in [4.69, 9.17) is 9.15 Å². The molecule has 2 saturated heterocycles. The standard InChI is InChI=1S/C18H22N2O3S/c21-18(19-10-15-4-2-8-24-15)13-9-17-16(5-7-23-17)20(11-13)12-14-3-1-6-22-14/h1-4,6,8,13,16-17H,5,7,9-12H2,(H,19,21)/t13-,16+,17+/m0/s1. The van der Waals surface area contributed by atoms with Gasteiger partial charge in [0.25, 0.3) is 0 Å². The number of amides is 1. The van der Waals surface area contributed by atoms with Crippen LogP contribution in [0.3, 0.4) is 0 Å². The molecule has 0 bridgehead atoms. The third-order valence-corrected chi connectivity index (χ3v) is 5.82. The largest absolute Gasteiger partial charge is 0.468 e. The smallest absolute Gasteiger partial charge is 0.224 e. The van der Waals surface area contributed by atoms with Crippen LogP contribution in [0, 0.1) is 5.92 Å². The minimum atomic E-state index is -0.0284. The number of ether oxygens (including phenoxy) is 1. The third kappa shape index (κ3) is 3.41. The number of hydrogen-bond acceptors (Lipinski definition) is 5. The third-order valence-electron chi connectivity index (χ3n) is 4.94. The predicted octanol–water partition coefficient (Wildman–Crippen LogP) is 2.64. The summed E-state index contributed by atoms with van der Waals surface area (Å²) < 4.78 is 11.4. The Balaban J connectivity index is 1.40. The zero-order chi connectivity index (χ0) is 16.4. The Kier molecular flexibility index (Phi) is 4.69. The van der Waals surface area contributed by atoms with E-state index in [9.17, 15) is 4.79 Å². The van der Waals surface area contributed by atoms with Gasteiger partial charge in [-0.2, -0.15) is 0 Å². The van der Waals surface area contributed by atoms with Gasteiger partial charge in [0.1, 0.15) is 5.76 Å². The topological polar surface area (TPSA) is 54.7 Å². The van der Waals surface area contributed by atoms with Crippen molar-refractivity contribution in [2.45, 2.75) is 38.1 Å². The van der Waals surface area contributed by atoms with Crippen LogP contribution in [-0.2, 0) is 22.6 Å². The van der Waals surface area contributed by atoms with Crippen LogP contribution in [0.4, 0.5) is 0 Å². The molecule has 1 amide bonds. The number of piperidine rings is 1. The average Bonchev–Trinajstić information content (AvgIpc) is 3.33. The van der Waals surface area contributed by atoms with Gasteiger partial charge >= 0.3 is 0 Å². The summed E-state index contributed by atoms with van der Waals surface area (Å²) in [5, 5.41) is 5.11. The highest BCUT2D eigenvalue weighted by atomic mass is 32.1. The minimum Gasteiger partial charge on any atom is -0.468 e. The lowest BCUT2D eigenvalue weighted by molar-refractivity contribution is -0.130. The van der Waals surface area contributed by atoms with E-state index in [1.54, 1.807) is 17.6 Å². The van der Waals surface area contributed by atoms with Crippen molar-refractivity contribution < 1.29 is 13.9 Å². The lowest BCUT2D eigenvalue weighted by Crippen LogP contribution is -2.52. The molecule has 5 nitrogen and oxygen atoms in total. The monoisotopic (exact) mass is 346 g/mol. The Hall–Kier alpha value is -1.63. The summed E-state index contributed by atoms with van der Waals surface area (Å²) >= 11 is 1.67. The molecular formula is C18H22N2O3S. The second-order valence-corrected chi connectivity index (χ2v) is 7.54. The van der Waals surface area contributed by atoms with Crippen molar-refractivity contribution in [1.29, 1.82) is 0 Å². The molecule has 2 aromatic rings. The Morgan fingerprint density at radius 3 is 3.12 bits per heavy atom. The Morgan fingerprint density at radius 1 is 1.38 bits per heavy atom. The number of nitrogens with one attached hydrogen (secondary N) is 1. The molecular weight excluding hydrogens is 324 g/mol. The number of carbonyl (C=O) groups excluding carboxylic acids is 1. The van der Waals surface area contributed by atoms with Gasteiger partial charge in [0.05, 0.1) is 31.4 Å². The first kappa shape index (κ1) is 15.9. The average molecular weight is 346 g/mol. The zero-order valence-electron chi connectivity index (χ0n) is 13.5. The number of carbonyl (C=O) groups is 1. The van der Waals surface area contributed by atoms with E-state index in [0.717, 1.165) is 38.3 Å². The van der Waals surface area contributed by atoms with E-state index in [-0.39, 0.29) is 17.9 Å². The van der Waals surface area contributed by atoms with E-state index in [2.05, 4.69) is 10.2 Å². The van der Waals surface area contributed by atoms with Crippen LogP contribution in [0.2, 0.25) is 0 Å². The quantitative estimate of drug-likeness (QED) is 0.904. The van der Waals surface area contributed by atoms with Crippen LogP contribution in [0.15, 0.2) is 40.3 Å². The molecule has 0 radical (unpaired) electrons. The van der Waals surface area contributed by atoms with E-state index >= 15 is 0 Å². The highest BCUT2D eigenvalue weighted by molar-refractivity contribution is 7.09. The van der Waals surface area contributed by atoms with Gasteiger partial charge in [0.2, 0.25) is 5.91 Å². The number of hydrogen-bond donors (Lipinski definition) is 1. The van der Waals surface area contributed by atoms with Crippen LogP contribution in [0.1, 0.15) is 23.5 Å². The van der Waals surface area contributed by atoms with E-state index in [0.29, 0.717) is 12.6 Å². The number of furan rings is 1. The van der Waals surface area contributed by atoms with Crippen LogP contribution >= 0.6 is 11.3 Å². The number of nitrogens with zero attached hydrogens (tertiary/aromatic N) is 1. The maximum Gasteiger partial charge on any atom is 0.224 e. The Bertz CT molecular complexity index is 656. The predicted molar refractivity (Wildman–Crippen MR) is 91.5 cm³/mol. The zero-order valence-corrected chi connectivity index (χ0v) is 14.3. The molecule has 0 aliphatic carbocycles. The van der Waals surface area contributed by atoms with Crippen molar-refractivity contribution in [3.63, 3.8) is 0 Å². The van der Waals surface area contributed by atoms with E-state index < -0.39 is 0 Å².